The second-order valence-electron chi connectivity index (χ2n) is 2.16. The zero-order valence-electron chi connectivity index (χ0n) is 6.47. The van der Waals surface area contributed by atoms with E-state index in [1.165, 1.54) is 7.11 Å². The zero-order chi connectivity index (χ0) is 9.14. The lowest BCUT2D eigenvalue weighted by molar-refractivity contribution is 0.414. The second kappa shape index (κ2) is 3.33. The summed E-state index contributed by atoms with van der Waals surface area (Å²) in [6.07, 6.45) is 0. The second-order valence-corrected chi connectivity index (χ2v) is 2.54. The Bertz CT molecular complexity index is 344. The first-order chi connectivity index (χ1) is 5.70. The summed E-state index contributed by atoms with van der Waals surface area (Å²) in [6.45, 7) is 0. The molecule has 0 unspecified atom stereocenters. The van der Waals surface area contributed by atoms with Gasteiger partial charge in [-0.25, -0.2) is 0 Å². The lowest BCUT2D eigenvalue weighted by atomic mass is 10.2. The fourth-order valence-corrected chi connectivity index (χ4v) is 1.10. The van der Waals surface area contributed by atoms with Crippen LogP contribution in [0.5, 0.6) is 5.75 Å². The first-order valence-electron chi connectivity index (χ1n) is 3.22. The van der Waals surface area contributed by atoms with Crippen LogP contribution >= 0.6 is 11.6 Å². The molecular weight excluding hydrogens is 176 g/mol. The molecule has 1 rings (SSSR count). The molecular formula is C8H7ClN2O. The average Bonchev–Trinajstić information content (AvgIpc) is 2.09. The Balaban J connectivity index is 3.38. The van der Waals surface area contributed by atoms with E-state index in [1.807, 2.05) is 6.07 Å². The molecule has 0 bridgehead atoms. The first kappa shape index (κ1) is 8.69. The monoisotopic (exact) mass is 182 g/mol. The average molecular weight is 183 g/mol. The SMILES string of the molecule is COc1c(C#N)ccc(N)c1Cl. The van der Waals surface area contributed by atoms with Crippen LogP contribution in [0.1, 0.15) is 5.56 Å². The molecule has 0 aliphatic carbocycles. The van der Waals surface area contributed by atoms with Gasteiger partial charge in [-0.15, -0.1) is 0 Å². The molecule has 2 N–H and O–H groups in total. The van der Waals surface area contributed by atoms with Gasteiger partial charge in [0.15, 0.2) is 5.75 Å². The van der Waals surface area contributed by atoms with E-state index < -0.39 is 0 Å². The van der Waals surface area contributed by atoms with Gasteiger partial charge in [0.2, 0.25) is 0 Å². The molecule has 12 heavy (non-hydrogen) atoms. The van der Waals surface area contributed by atoms with Crippen molar-refractivity contribution in [3.8, 4) is 11.8 Å². The van der Waals surface area contributed by atoms with Crippen LogP contribution in [0.15, 0.2) is 12.1 Å². The van der Waals surface area contributed by atoms with Gasteiger partial charge in [-0.1, -0.05) is 11.6 Å². The van der Waals surface area contributed by atoms with Gasteiger partial charge >= 0.3 is 0 Å². The molecule has 0 amide bonds. The van der Waals surface area contributed by atoms with Crippen LogP contribution in [0, 0.1) is 11.3 Å². The molecule has 0 heterocycles. The summed E-state index contributed by atoms with van der Waals surface area (Å²) in [4.78, 5) is 0. The van der Waals surface area contributed by atoms with Crippen LogP contribution in [0.25, 0.3) is 0 Å². The predicted octanol–water partition coefficient (Wildman–Crippen LogP) is 1.80. The zero-order valence-corrected chi connectivity index (χ0v) is 7.22. The summed E-state index contributed by atoms with van der Waals surface area (Å²) in [7, 11) is 1.45. The predicted molar refractivity (Wildman–Crippen MR) is 47.1 cm³/mol. The van der Waals surface area contributed by atoms with Gasteiger partial charge in [0.25, 0.3) is 0 Å². The molecule has 0 saturated carbocycles. The summed E-state index contributed by atoms with van der Waals surface area (Å²) in [5.74, 6) is 0.333. The van der Waals surface area contributed by atoms with E-state index in [-0.39, 0.29) is 5.02 Å². The van der Waals surface area contributed by atoms with E-state index in [2.05, 4.69) is 0 Å². The molecule has 62 valence electrons. The maximum atomic E-state index is 8.64. The van der Waals surface area contributed by atoms with E-state index in [9.17, 15) is 0 Å². The number of nitrogens with two attached hydrogens (primary N) is 1. The molecule has 0 atom stereocenters. The number of nitrogens with zero attached hydrogens (tertiary/aromatic N) is 1. The van der Waals surface area contributed by atoms with Crippen LogP contribution in [-0.4, -0.2) is 7.11 Å². The van der Waals surface area contributed by atoms with Crippen LogP contribution in [-0.2, 0) is 0 Å². The van der Waals surface area contributed by atoms with Gasteiger partial charge in [0.05, 0.1) is 18.4 Å². The van der Waals surface area contributed by atoms with Crippen LogP contribution in [0.2, 0.25) is 5.02 Å². The Kier molecular flexibility index (Phi) is 2.41. The smallest absolute Gasteiger partial charge is 0.157 e. The number of hydrogen-bond acceptors (Lipinski definition) is 3. The fraction of sp³-hybridized carbons (Fsp3) is 0.125. The Labute approximate surface area is 75.3 Å². The Morgan fingerprint density at radius 1 is 1.58 bits per heavy atom. The lowest BCUT2D eigenvalue weighted by Gasteiger charge is -2.06. The standard InChI is InChI=1S/C8H7ClN2O/c1-12-8-5(4-10)2-3-6(11)7(8)9/h2-3H,11H2,1H3. The molecule has 1 aromatic rings. The number of nitrogen functional groups attached to an aromatic ring is 1. The van der Waals surface area contributed by atoms with Crippen LogP contribution in [0.4, 0.5) is 5.69 Å². The van der Waals surface area contributed by atoms with Crippen LogP contribution < -0.4 is 10.5 Å². The Morgan fingerprint density at radius 2 is 2.25 bits per heavy atom. The van der Waals surface area contributed by atoms with Crippen molar-refractivity contribution in [2.45, 2.75) is 0 Å². The summed E-state index contributed by atoms with van der Waals surface area (Å²) in [6, 6.07) is 5.09. The third-order valence-corrected chi connectivity index (χ3v) is 1.84. The van der Waals surface area contributed by atoms with Crippen molar-refractivity contribution in [1.82, 2.24) is 0 Å². The van der Waals surface area contributed by atoms with Gasteiger partial charge in [-0.05, 0) is 12.1 Å². The highest BCUT2D eigenvalue weighted by Gasteiger charge is 2.09. The third kappa shape index (κ3) is 1.29. The highest BCUT2D eigenvalue weighted by Crippen LogP contribution is 2.32. The topological polar surface area (TPSA) is 59.0 Å². The summed E-state index contributed by atoms with van der Waals surface area (Å²) >= 11 is 5.78. The molecule has 4 heteroatoms. The number of methoxy groups -OCH3 is 1. The van der Waals surface area contributed by atoms with E-state index in [0.717, 1.165) is 0 Å². The number of benzene rings is 1. The van der Waals surface area contributed by atoms with Gasteiger partial charge < -0.3 is 10.5 Å². The summed E-state index contributed by atoms with van der Waals surface area (Å²) in [5, 5.41) is 8.92. The molecule has 0 aliphatic rings. The van der Waals surface area contributed by atoms with Gasteiger partial charge in [0.1, 0.15) is 11.1 Å². The number of hydrogen-bond donors (Lipinski definition) is 1. The summed E-state index contributed by atoms with van der Waals surface area (Å²) < 4.78 is 4.91. The molecule has 0 spiro atoms. The Hall–Kier alpha value is -1.40. The number of halogens is 1. The van der Waals surface area contributed by atoms with E-state index in [0.29, 0.717) is 17.0 Å². The molecule has 0 fully saturated rings. The van der Waals surface area contributed by atoms with Crippen molar-refractivity contribution in [2.75, 3.05) is 12.8 Å². The quantitative estimate of drug-likeness (QED) is 0.674. The Morgan fingerprint density at radius 3 is 2.75 bits per heavy atom. The number of ether oxygens (including phenoxy) is 1. The summed E-state index contributed by atoms with van der Waals surface area (Å²) in [5.41, 5.74) is 6.29. The van der Waals surface area contributed by atoms with Crippen molar-refractivity contribution < 1.29 is 4.74 Å². The molecule has 1 aromatic carbocycles. The minimum atomic E-state index is 0.288. The number of nitriles is 1. The van der Waals surface area contributed by atoms with E-state index in [1.54, 1.807) is 12.1 Å². The van der Waals surface area contributed by atoms with Crippen molar-refractivity contribution in [1.29, 1.82) is 5.26 Å². The van der Waals surface area contributed by atoms with Crippen molar-refractivity contribution in [2.24, 2.45) is 0 Å². The van der Waals surface area contributed by atoms with Crippen molar-refractivity contribution in [3.63, 3.8) is 0 Å². The highest BCUT2D eigenvalue weighted by atomic mass is 35.5. The lowest BCUT2D eigenvalue weighted by Crippen LogP contribution is -1.93. The molecule has 3 nitrogen and oxygen atoms in total. The van der Waals surface area contributed by atoms with E-state index >= 15 is 0 Å². The highest BCUT2D eigenvalue weighted by molar-refractivity contribution is 6.34. The van der Waals surface area contributed by atoms with E-state index in [4.69, 9.17) is 27.3 Å². The van der Waals surface area contributed by atoms with Gasteiger partial charge in [-0.3, -0.25) is 0 Å². The minimum Gasteiger partial charge on any atom is -0.494 e. The molecule has 0 aromatic heterocycles. The van der Waals surface area contributed by atoms with Crippen LogP contribution in [0.3, 0.4) is 0 Å². The number of anilines is 1. The van der Waals surface area contributed by atoms with Crippen molar-refractivity contribution >= 4 is 17.3 Å². The normalized spacial score (nSPS) is 9.08. The maximum absolute atomic E-state index is 8.64. The first-order valence-corrected chi connectivity index (χ1v) is 3.60. The van der Waals surface area contributed by atoms with Gasteiger partial charge in [-0.2, -0.15) is 5.26 Å². The van der Waals surface area contributed by atoms with Crippen molar-refractivity contribution in [3.05, 3.63) is 22.7 Å². The molecule has 0 aliphatic heterocycles. The third-order valence-electron chi connectivity index (χ3n) is 1.45. The largest absolute Gasteiger partial charge is 0.494 e. The number of rotatable bonds is 1. The molecule has 0 saturated heterocycles. The fourth-order valence-electron chi connectivity index (χ4n) is 0.859. The van der Waals surface area contributed by atoms with Gasteiger partial charge in [0, 0.05) is 0 Å². The maximum Gasteiger partial charge on any atom is 0.157 e. The molecule has 0 radical (unpaired) electrons. The minimum absolute atomic E-state index is 0.288.